The zero-order valence-corrected chi connectivity index (χ0v) is 28.0. The highest BCUT2D eigenvalue weighted by molar-refractivity contribution is 9.09. The summed E-state index contributed by atoms with van der Waals surface area (Å²) in [5.41, 5.74) is 0.228. The molecule has 7 nitrogen and oxygen atoms in total. The maximum absolute atomic E-state index is 14.8. The number of hydrogen-bond donors (Lipinski definition) is 1. The van der Waals surface area contributed by atoms with Gasteiger partial charge in [-0.1, -0.05) is 67.1 Å². The van der Waals surface area contributed by atoms with Crippen LogP contribution in [0, 0.1) is 17.3 Å². The molecular weight excluding hydrogens is 614 g/mol. The van der Waals surface area contributed by atoms with Crippen LogP contribution in [0.25, 0.3) is 0 Å². The van der Waals surface area contributed by atoms with Gasteiger partial charge in [-0.15, -0.1) is 24.9 Å². The highest BCUT2D eigenvalue weighted by Crippen LogP contribution is 2.68. The van der Waals surface area contributed by atoms with Gasteiger partial charge in [-0.3, -0.25) is 14.4 Å². The molecule has 1 N–H and O–H groups in total. The van der Waals surface area contributed by atoms with Crippen molar-refractivity contribution in [3.63, 3.8) is 0 Å². The summed E-state index contributed by atoms with van der Waals surface area (Å²) in [6, 6.07) is 8.74. The molecule has 230 valence electrons. The fraction of sp³-hybridized carbons (Fsp3) is 0.606. The van der Waals surface area contributed by atoms with E-state index in [0.717, 1.165) is 12.1 Å². The Morgan fingerprint density at radius 3 is 2.33 bits per heavy atom. The molecule has 3 heterocycles. The lowest BCUT2D eigenvalue weighted by atomic mass is 9.70. The third-order valence-electron chi connectivity index (χ3n) is 8.78. The Morgan fingerprint density at radius 2 is 1.76 bits per heavy atom. The molecule has 0 aromatic heterocycles. The maximum atomic E-state index is 14.8. The van der Waals surface area contributed by atoms with Crippen LogP contribution in [-0.2, 0) is 14.4 Å². The molecule has 3 aliphatic heterocycles. The highest BCUT2D eigenvalue weighted by Gasteiger charge is 2.76. The van der Waals surface area contributed by atoms with E-state index in [9.17, 15) is 19.5 Å². The topological polar surface area (TPSA) is 81.2 Å². The number of anilines is 1. The number of carbonyl (C=O) groups excluding carboxylic acids is 3. The number of carbonyl (C=O) groups is 3. The predicted molar refractivity (Wildman–Crippen MR) is 175 cm³/mol. The monoisotopic (exact) mass is 659 g/mol. The van der Waals surface area contributed by atoms with Gasteiger partial charge in [0, 0.05) is 47.5 Å². The van der Waals surface area contributed by atoms with Gasteiger partial charge in [0.25, 0.3) is 0 Å². The average molecular weight is 661 g/mol. The molecule has 1 aromatic carbocycles. The summed E-state index contributed by atoms with van der Waals surface area (Å²) in [6.07, 6.45) is 5.19. The van der Waals surface area contributed by atoms with Crippen molar-refractivity contribution in [1.29, 1.82) is 0 Å². The Morgan fingerprint density at radius 1 is 1.12 bits per heavy atom. The number of halogens is 1. The van der Waals surface area contributed by atoms with E-state index < -0.39 is 28.2 Å². The maximum Gasteiger partial charge on any atom is 0.247 e. The van der Waals surface area contributed by atoms with Crippen LogP contribution in [0.2, 0.25) is 0 Å². The van der Waals surface area contributed by atoms with Gasteiger partial charge in [0.1, 0.15) is 6.04 Å². The van der Waals surface area contributed by atoms with Crippen LogP contribution in [0.1, 0.15) is 53.9 Å². The summed E-state index contributed by atoms with van der Waals surface area (Å²) in [5.74, 6) is -1.60. The van der Waals surface area contributed by atoms with Crippen LogP contribution in [0.5, 0.6) is 0 Å². The van der Waals surface area contributed by atoms with Gasteiger partial charge in [-0.25, -0.2) is 0 Å². The van der Waals surface area contributed by atoms with Crippen molar-refractivity contribution < 1.29 is 19.5 Å². The molecule has 3 saturated heterocycles. The smallest absolute Gasteiger partial charge is 0.247 e. The molecule has 0 radical (unpaired) electrons. The van der Waals surface area contributed by atoms with E-state index in [1.165, 1.54) is 0 Å². The zero-order chi connectivity index (χ0) is 31.0. The lowest BCUT2D eigenvalue weighted by Crippen LogP contribution is -2.60. The molecule has 3 amide bonds. The standard InChI is InChI=1S/C33H46BrN3O4S/c1-8-16-35(22-14-11-10-12-15-22)28(39)24-25-29(40)36(18-13-19-38)27(33(25)20-23(34)26(24)42-33)30(41)37(17-9-2)32(6,7)21-31(3,4)5/h8-12,14-15,23-27,38H,1-2,13,16-21H2,3-7H3/t23?,24-,25+,26-,27?,33?/m1/s1. The minimum atomic E-state index is -0.753. The Labute approximate surface area is 263 Å². The second kappa shape index (κ2) is 12.5. The van der Waals surface area contributed by atoms with E-state index in [0.29, 0.717) is 25.9 Å². The number of hydrogen-bond acceptors (Lipinski definition) is 5. The van der Waals surface area contributed by atoms with Gasteiger partial charge in [-0.2, -0.15) is 0 Å². The van der Waals surface area contributed by atoms with Gasteiger partial charge in [0.05, 0.1) is 16.6 Å². The second-order valence-corrected chi connectivity index (χ2v) is 16.3. The van der Waals surface area contributed by atoms with Crippen LogP contribution < -0.4 is 4.90 Å². The molecule has 2 bridgehead atoms. The third-order valence-corrected chi connectivity index (χ3v) is 12.0. The van der Waals surface area contributed by atoms with E-state index in [1.54, 1.807) is 33.7 Å². The van der Waals surface area contributed by atoms with Gasteiger partial charge >= 0.3 is 0 Å². The van der Waals surface area contributed by atoms with Crippen LogP contribution in [0.15, 0.2) is 55.6 Å². The third kappa shape index (κ3) is 5.85. The quantitative estimate of drug-likeness (QED) is 0.244. The Balaban J connectivity index is 1.80. The number of rotatable bonds is 12. The van der Waals surface area contributed by atoms with Crippen LogP contribution in [-0.4, -0.2) is 85.3 Å². The number of aliphatic hydroxyl groups is 1. The first-order chi connectivity index (χ1) is 19.7. The first-order valence-electron chi connectivity index (χ1n) is 14.9. The van der Waals surface area contributed by atoms with Crippen LogP contribution in [0.3, 0.4) is 0 Å². The zero-order valence-electron chi connectivity index (χ0n) is 25.6. The highest BCUT2D eigenvalue weighted by atomic mass is 79.9. The molecule has 9 heteroatoms. The number of fused-ring (bicyclic) bond motifs is 1. The lowest BCUT2D eigenvalue weighted by Gasteiger charge is -2.46. The fourth-order valence-electron chi connectivity index (χ4n) is 7.72. The second-order valence-electron chi connectivity index (χ2n) is 13.6. The molecule has 1 aromatic rings. The number of benzene rings is 1. The number of amides is 3. The summed E-state index contributed by atoms with van der Waals surface area (Å²) in [6.45, 7) is 19.3. The van der Waals surface area contributed by atoms with Gasteiger partial charge in [-0.05, 0) is 50.7 Å². The molecule has 1 spiro atoms. The number of nitrogens with zero attached hydrogens (tertiary/aromatic N) is 3. The summed E-state index contributed by atoms with van der Waals surface area (Å²) in [5, 5.41) is 9.59. The van der Waals surface area contributed by atoms with Crippen molar-refractivity contribution in [3.8, 4) is 0 Å². The molecule has 0 aliphatic carbocycles. The SMILES string of the molecule is C=CCN(C(=O)[C@H]1[C@@H]2SC3(CC2Br)C(C(=O)N(CC=C)C(C)(C)CC(C)(C)C)N(CCCO)C(=O)[C@H]13)c1ccccc1. The largest absolute Gasteiger partial charge is 0.396 e. The normalized spacial score (nSPS) is 28.5. The number of para-hydroxylation sites is 1. The van der Waals surface area contributed by atoms with Crippen molar-refractivity contribution >= 4 is 51.1 Å². The van der Waals surface area contributed by atoms with Crippen molar-refractivity contribution in [1.82, 2.24) is 9.80 Å². The predicted octanol–water partition coefficient (Wildman–Crippen LogP) is 5.28. The molecule has 3 fully saturated rings. The van der Waals surface area contributed by atoms with E-state index in [1.807, 2.05) is 35.2 Å². The average Bonchev–Trinajstić information content (AvgIpc) is 3.50. The van der Waals surface area contributed by atoms with Crippen LogP contribution >= 0.6 is 27.7 Å². The molecule has 0 saturated carbocycles. The van der Waals surface area contributed by atoms with Gasteiger partial charge in [0.2, 0.25) is 17.7 Å². The number of alkyl halides is 1. The Hall–Kier alpha value is -2.10. The van der Waals surface area contributed by atoms with E-state index in [2.05, 4.69) is 63.7 Å². The number of likely N-dealkylation sites (tertiary alicyclic amines) is 1. The van der Waals surface area contributed by atoms with Crippen molar-refractivity contribution in [2.75, 3.05) is 31.1 Å². The summed E-state index contributed by atoms with van der Waals surface area (Å²) >= 11 is 5.52. The first kappa shape index (κ1) is 32.8. The fourth-order valence-corrected chi connectivity index (χ4v) is 11.3. The Kier molecular flexibility index (Phi) is 9.75. The summed E-state index contributed by atoms with van der Waals surface area (Å²) in [7, 11) is 0. The molecule has 42 heavy (non-hydrogen) atoms. The van der Waals surface area contributed by atoms with E-state index >= 15 is 0 Å². The lowest BCUT2D eigenvalue weighted by molar-refractivity contribution is -0.146. The van der Waals surface area contributed by atoms with Gasteiger partial charge in [0.15, 0.2) is 0 Å². The summed E-state index contributed by atoms with van der Waals surface area (Å²) < 4.78 is -0.753. The minimum Gasteiger partial charge on any atom is -0.396 e. The Bertz CT molecular complexity index is 1200. The molecule has 3 unspecified atom stereocenters. The van der Waals surface area contributed by atoms with E-state index in [-0.39, 0.29) is 46.4 Å². The number of thioether (sulfide) groups is 1. The first-order valence-corrected chi connectivity index (χ1v) is 16.7. The van der Waals surface area contributed by atoms with Crippen molar-refractivity contribution in [2.24, 2.45) is 17.3 Å². The minimum absolute atomic E-state index is 0.0228. The van der Waals surface area contributed by atoms with Gasteiger partial charge < -0.3 is 19.8 Å². The summed E-state index contributed by atoms with van der Waals surface area (Å²) in [4.78, 5) is 48.9. The molecule has 6 atom stereocenters. The van der Waals surface area contributed by atoms with Crippen LogP contribution in [0.4, 0.5) is 5.69 Å². The molecule has 3 aliphatic rings. The van der Waals surface area contributed by atoms with Crippen molar-refractivity contribution in [2.45, 2.75) is 80.3 Å². The van der Waals surface area contributed by atoms with Crippen molar-refractivity contribution in [3.05, 3.63) is 55.6 Å². The molecule has 4 rings (SSSR count). The number of aliphatic hydroxyl groups excluding tert-OH is 1. The molecular formula is C33H46BrN3O4S. The van der Waals surface area contributed by atoms with E-state index in [4.69, 9.17) is 0 Å².